The van der Waals surface area contributed by atoms with Gasteiger partial charge in [0.2, 0.25) is 5.91 Å². The van der Waals surface area contributed by atoms with Crippen LogP contribution < -0.4 is 4.74 Å². The number of carbonyl (C=O) groups excluding carboxylic acids is 1. The van der Waals surface area contributed by atoms with Gasteiger partial charge in [0, 0.05) is 11.1 Å². The average molecular weight is 362 g/mol. The first kappa shape index (κ1) is 15.7. The molecule has 130 valence electrons. The van der Waals surface area contributed by atoms with Crippen LogP contribution >= 0.6 is 11.8 Å². The van der Waals surface area contributed by atoms with Gasteiger partial charge in [-0.25, -0.2) is 4.99 Å². The maximum absolute atomic E-state index is 12.7. The van der Waals surface area contributed by atoms with E-state index in [0.29, 0.717) is 5.75 Å². The first-order valence-electron chi connectivity index (χ1n) is 8.75. The molecule has 5 rings (SSSR count). The van der Waals surface area contributed by atoms with Crippen LogP contribution in [0.15, 0.2) is 59.1 Å². The minimum absolute atomic E-state index is 0.120. The Hall–Kier alpha value is -2.53. The number of fused-ring (bicyclic) bond motifs is 3. The van der Waals surface area contributed by atoms with Crippen molar-refractivity contribution in [2.24, 2.45) is 4.99 Å². The number of para-hydroxylation sites is 1. The number of rotatable bonds is 2. The lowest BCUT2D eigenvalue weighted by atomic mass is 9.82. The van der Waals surface area contributed by atoms with Crippen molar-refractivity contribution in [1.82, 2.24) is 4.90 Å². The van der Waals surface area contributed by atoms with E-state index in [2.05, 4.69) is 30.3 Å². The second-order valence-electron chi connectivity index (χ2n) is 6.62. The van der Waals surface area contributed by atoms with Gasteiger partial charge in [0.1, 0.15) is 5.75 Å². The number of nitrogens with zero attached hydrogens (tertiary/aromatic N) is 2. The third-order valence-electron chi connectivity index (χ3n) is 5.27. The molecule has 0 radical (unpaired) electrons. The summed E-state index contributed by atoms with van der Waals surface area (Å²) < 4.78 is 5.62. The van der Waals surface area contributed by atoms with Crippen LogP contribution in [0.2, 0.25) is 0 Å². The van der Waals surface area contributed by atoms with Crippen molar-refractivity contribution in [3.05, 3.63) is 70.8 Å². The molecule has 2 aromatic rings. The van der Waals surface area contributed by atoms with Crippen LogP contribution in [0.1, 0.15) is 29.2 Å². The third kappa shape index (κ3) is 2.23. The molecule has 0 unspecified atom stereocenters. The van der Waals surface area contributed by atoms with Crippen LogP contribution in [0.5, 0.6) is 5.75 Å². The Kier molecular flexibility index (Phi) is 3.64. The zero-order chi connectivity index (χ0) is 17.7. The molecular weight excluding hydrogens is 344 g/mol. The zero-order valence-corrected chi connectivity index (χ0v) is 15.3. The highest BCUT2D eigenvalue weighted by Gasteiger charge is 2.43. The van der Waals surface area contributed by atoms with E-state index in [1.807, 2.05) is 23.1 Å². The van der Waals surface area contributed by atoms with Gasteiger partial charge in [-0.05, 0) is 30.0 Å². The summed E-state index contributed by atoms with van der Waals surface area (Å²) in [5, 5.41) is 0.807. The Morgan fingerprint density at radius 3 is 2.81 bits per heavy atom. The van der Waals surface area contributed by atoms with Crippen LogP contribution in [-0.2, 0) is 11.2 Å². The lowest BCUT2D eigenvalue weighted by Crippen LogP contribution is -2.38. The SMILES string of the molecule is COc1ccccc1[C@H]1C2=C(N=C3SCC(=O)N31)c1ccccc1CC2. The molecule has 0 spiro atoms. The molecule has 2 aliphatic heterocycles. The standard InChI is InChI=1S/C21H18N2O2S/c1-25-17-9-5-4-8-15(17)20-16-11-10-13-6-2-3-7-14(13)19(16)22-21-23(20)18(24)12-26-21/h2-9,20H,10-12H2,1H3/t20-/m0/s1. The number of hydrogen-bond donors (Lipinski definition) is 0. The first-order chi connectivity index (χ1) is 12.8. The number of benzene rings is 2. The monoisotopic (exact) mass is 362 g/mol. The van der Waals surface area contributed by atoms with Crippen molar-refractivity contribution in [2.45, 2.75) is 18.9 Å². The van der Waals surface area contributed by atoms with Gasteiger partial charge < -0.3 is 4.74 Å². The molecule has 0 saturated carbocycles. The summed E-state index contributed by atoms with van der Waals surface area (Å²) in [6.45, 7) is 0. The highest BCUT2D eigenvalue weighted by Crippen LogP contribution is 2.49. The number of aryl methyl sites for hydroxylation is 1. The lowest BCUT2D eigenvalue weighted by Gasteiger charge is -2.37. The maximum Gasteiger partial charge on any atom is 0.239 e. The minimum Gasteiger partial charge on any atom is -0.496 e. The topological polar surface area (TPSA) is 41.9 Å². The van der Waals surface area contributed by atoms with Gasteiger partial charge in [-0.1, -0.05) is 54.2 Å². The van der Waals surface area contributed by atoms with Gasteiger partial charge in [-0.15, -0.1) is 0 Å². The van der Waals surface area contributed by atoms with Crippen molar-refractivity contribution >= 4 is 28.5 Å². The number of ether oxygens (including phenoxy) is 1. The number of amides is 1. The molecule has 3 aliphatic rings. The molecule has 1 fully saturated rings. The molecule has 4 nitrogen and oxygen atoms in total. The summed E-state index contributed by atoms with van der Waals surface area (Å²) in [5.41, 5.74) is 5.81. The van der Waals surface area contributed by atoms with Crippen LogP contribution in [0, 0.1) is 0 Å². The summed E-state index contributed by atoms with van der Waals surface area (Å²) in [5.74, 6) is 1.39. The molecule has 2 heterocycles. The number of hydrogen-bond acceptors (Lipinski definition) is 4. The molecule has 0 N–H and O–H groups in total. The van der Waals surface area contributed by atoms with Crippen molar-refractivity contribution in [2.75, 3.05) is 12.9 Å². The largest absolute Gasteiger partial charge is 0.496 e. The second kappa shape index (κ2) is 6.02. The molecule has 1 atom stereocenters. The second-order valence-corrected chi connectivity index (χ2v) is 7.56. The molecule has 0 bridgehead atoms. The zero-order valence-electron chi connectivity index (χ0n) is 14.4. The molecule has 0 aromatic heterocycles. The molecule has 5 heteroatoms. The highest BCUT2D eigenvalue weighted by molar-refractivity contribution is 8.15. The van der Waals surface area contributed by atoms with E-state index in [9.17, 15) is 4.79 Å². The molecule has 1 amide bonds. The van der Waals surface area contributed by atoms with Crippen molar-refractivity contribution < 1.29 is 9.53 Å². The Labute approximate surface area is 156 Å². The number of methoxy groups -OCH3 is 1. The number of amidine groups is 1. The Balaban J connectivity index is 1.75. The smallest absolute Gasteiger partial charge is 0.239 e. The van der Waals surface area contributed by atoms with E-state index in [-0.39, 0.29) is 11.9 Å². The number of thioether (sulfide) groups is 1. The van der Waals surface area contributed by atoms with E-state index < -0.39 is 0 Å². The summed E-state index contributed by atoms with van der Waals surface area (Å²) in [7, 11) is 1.68. The van der Waals surface area contributed by atoms with Crippen LogP contribution in [0.3, 0.4) is 0 Å². The lowest BCUT2D eigenvalue weighted by molar-refractivity contribution is -0.125. The quantitative estimate of drug-likeness (QED) is 0.810. The number of aliphatic imine (C=N–C) groups is 1. The van der Waals surface area contributed by atoms with Crippen LogP contribution in [0.4, 0.5) is 0 Å². The van der Waals surface area contributed by atoms with Crippen molar-refractivity contribution in [1.29, 1.82) is 0 Å². The summed E-state index contributed by atoms with van der Waals surface area (Å²) in [6, 6.07) is 16.3. The summed E-state index contributed by atoms with van der Waals surface area (Å²) >= 11 is 1.53. The number of carbonyl (C=O) groups is 1. The van der Waals surface area contributed by atoms with E-state index >= 15 is 0 Å². The van der Waals surface area contributed by atoms with Gasteiger partial charge in [-0.3, -0.25) is 9.69 Å². The van der Waals surface area contributed by atoms with Gasteiger partial charge >= 0.3 is 0 Å². The fraction of sp³-hybridized carbons (Fsp3) is 0.238. The maximum atomic E-state index is 12.7. The van der Waals surface area contributed by atoms with Gasteiger partial charge in [-0.2, -0.15) is 0 Å². The Bertz CT molecular complexity index is 979. The minimum atomic E-state index is -0.135. The highest BCUT2D eigenvalue weighted by atomic mass is 32.2. The van der Waals surface area contributed by atoms with E-state index in [4.69, 9.17) is 9.73 Å². The molecule has 1 aliphatic carbocycles. The van der Waals surface area contributed by atoms with Crippen LogP contribution in [-0.4, -0.2) is 28.8 Å². The molecular formula is C21H18N2O2S. The van der Waals surface area contributed by atoms with Crippen molar-refractivity contribution in [3.63, 3.8) is 0 Å². The summed E-state index contributed by atoms with van der Waals surface area (Å²) in [4.78, 5) is 19.5. The Morgan fingerprint density at radius 1 is 1.12 bits per heavy atom. The van der Waals surface area contributed by atoms with Crippen LogP contribution in [0.25, 0.3) is 5.70 Å². The predicted molar refractivity (Wildman–Crippen MR) is 104 cm³/mol. The predicted octanol–water partition coefficient (Wildman–Crippen LogP) is 4.04. The third-order valence-corrected chi connectivity index (χ3v) is 6.21. The van der Waals surface area contributed by atoms with Crippen molar-refractivity contribution in [3.8, 4) is 5.75 Å². The van der Waals surface area contributed by atoms with Gasteiger partial charge in [0.25, 0.3) is 0 Å². The average Bonchev–Trinajstić information content (AvgIpc) is 3.07. The van der Waals surface area contributed by atoms with E-state index in [1.54, 1.807) is 7.11 Å². The van der Waals surface area contributed by atoms with Gasteiger partial charge in [0.15, 0.2) is 5.17 Å². The fourth-order valence-electron chi connectivity index (χ4n) is 4.11. The Morgan fingerprint density at radius 2 is 1.92 bits per heavy atom. The molecule has 26 heavy (non-hydrogen) atoms. The molecule has 2 aromatic carbocycles. The normalized spacial score (nSPS) is 21.1. The van der Waals surface area contributed by atoms with Gasteiger partial charge in [0.05, 0.1) is 24.6 Å². The summed E-state index contributed by atoms with van der Waals surface area (Å²) in [6.07, 6.45) is 1.88. The molecule has 1 saturated heterocycles. The fourth-order valence-corrected chi connectivity index (χ4v) is 5.01. The first-order valence-corrected chi connectivity index (χ1v) is 9.74. The van der Waals surface area contributed by atoms with E-state index in [1.165, 1.54) is 28.5 Å². The van der Waals surface area contributed by atoms with E-state index in [0.717, 1.165) is 35.0 Å².